The number of aromatic nitrogens is 1. The lowest BCUT2D eigenvalue weighted by atomic mass is 10.2. The minimum atomic E-state index is -0.734. The number of amides is 1. The van der Waals surface area contributed by atoms with Crippen LogP contribution in [0.1, 0.15) is 26.3 Å². The first-order chi connectivity index (χ1) is 14.6. The molecule has 0 spiro atoms. The second-order valence-electron chi connectivity index (χ2n) is 7.42. The third-order valence-electron chi connectivity index (χ3n) is 3.83. The summed E-state index contributed by atoms with van der Waals surface area (Å²) in [5.41, 5.74) is 1.57. The quantitative estimate of drug-likeness (QED) is 0.378. The van der Waals surface area contributed by atoms with Crippen LogP contribution in [0.3, 0.4) is 0 Å². The van der Waals surface area contributed by atoms with E-state index in [1.165, 1.54) is 33.8 Å². The van der Waals surface area contributed by atoms with Gasteiger partial charge in [-0.25, -0.2) is 18.6 Å². The standard InChI is InChI=1S/C21H20ClF2N3O2S2/c1-21(2,3)29-20(28)27(19-11-30-12-26-19)31-18-8-14(22)17(9-16(18)24)25-10-13-6-4-5-7-15(13)23/h4-9,11-12,25H,10H2,1-3H3. The van der Waals surface area contributed by atoms with E-state index in [1.807, 2.05) is 0 Å². The average Bonchev–Trinajstić information content (AvgIpc) is 3.21. The first kappa shape index (κ1) is 23.3. The number of carbonyl (C=O) groups excluding carboxylic acids is 1. The van der Waals surface area contributed by atoms with Crippen molar-refractivity contribution in [2.24, 2.45) is 0 Å². The molecule has 1 N–H and O–H groups in total. The SMILES string of the molecule is CC(C)(C)OC(=O)N(Sc1cc(Cl)c(NCc2ccccc2F)cc1F)c1cscn1. The summed E-state index contributed by atoms with van der Waals surface area (Å²) >= 11 is 8.43. The fourth-order valence-corrected chi connectivity index (χ4v) is 4.15. The number of carbonyl (C=O) groups is 1. The van der Waals surface area contributed by atoms with Crippen molar-refractivity contribution >= 4 is 52.5 Å². The van der Waals surface area contributed by atoms with Crippen LogP contribution in [-0.2, 0) is 11.3 Å². The Morgan fingerprint density at radius 3 is 2.65 bits per heavy atom. The van der Waals surface area contributed by atoms with Gasteiger partial charge >= 0.3 is 6.09 Å². The number of halogens is 3. The second kappa shape index (κ2) is 9.84. The average molecular weight is 484 g/mol. The molecule has 0 saturated carbocycles. The number of anilines is 2. The van der Waals surface area contributed by atoms with Gasteiger partial charge in [0.2, 0.25) is 0 Å². The molecule has 2 aromatic carbocycles. The summed E-state index contributed by atoms with van der Waals surface area (Å²) in [5.74, 6) is -0.647. The second-order valence-corrected chi connectivity index (χ2v) is 9.53. The first-order valence-corrected chi connectivity index (χ1v) is 11.3. The Kier molecular flexibility index (Phi) is 7.40. The minimum absolute atomic E-state index is 0.111. The van der Waals surface area contributed by atoms with Gasteiger partial charge in [0.05, 0.1) is 21.1 Å². The summed E-state index contributed by atoms with van der Waals surface area (Å²) in [5, 5.41) is 4.81. The zero-order chi connectivity index (χ0) is 22.6. The van der Waals surface area contributed by atoms with Crippen LogP contribution in [0.5, 0.6) is 0 Å². The molecule has 0 unspecified atom stereocenters. The topological polar surface area (TPSA) is 54.5 Å². The van der Waals surface area contributed by atoms with Crippen molar-refractivity contribution in [1.29, 1.82) is 0 Å². The van der Waals surface area contributed by atoms with Crippen molar-refractivity contribution in [2.45, 2.75) is 37.8 Å². The molecule has 164 valence electrons. The highest BCUT2D eigenvalue weighted by atomic mass is 35.5. The number of nitrogens with zero attached hydrogens (tertiary/aromatic N) is 2. The molecule has 10 heteroatoms. The van der Waals surface area contributed by atoms with Gasteiger partial charge in [0, 0.05) is 29.4 Å². The largest absolute Gasteiger partial charge is 0.443 e. The van der Waals surface area contributed by atoms with E-state index in [4.69, 9.17) is 16.3 Å². The maximum Gasteiger partial charge on any atom is 0.426 e. The van der Waals surface area contributed by atoms with E-state index >= 15 is 0 Å². The van der Waals surface area contributed by atoms with Crippen LogP contribution < -0.4 is 9.62 Å². The molecule has 31 heavy (non-hydrogen) atoms. The lowest BCUT2D eigenvalue weighted by Crippen LogP contribution is -2.32. The van der Waals surface area contributed by atoms with E-state index in [-0.39, 0.29) is 22.3 Å². The molecule has 0 bridgehead atoms. The lowest BCUT2D eigenvalue weighted by Gasteiger charge is -2.25. The predicted molar refractivity (Wildman–Crippen MR) is 122 cm³/mol. The van der Waals surface area contributed by atoms with Gasteiger partial charge in [-0.05, 0) is 39.0 Å². The van der Waals surface area contributed by atoms with Crippen LogP contribution in [-0.4, -0.2) is 16.7 Å². The van der Waals surface area contributed by atoms with Gasteiger partial charge in [0.15, 0.2) is 5.82 Å². The summed E-state index contributed by atoms with van der Waals surface area (Å²) in [6.07, 6.45) is -0.680. The molecule has 0 saturated heterocycles. The van der Waals surface area contributed by atoms with Gasteiger partial charge in [-0.1, -0.05) is 29.8 Å². The van der Waals surface area contributed by atoms with Gasteiger partial charge in [-0.2, -0.15) is 4.31 Å². The molecule has 1 amide bonds. The minimum Gasteiger partial charge on any atom is -0.443 e. The van der Waals surface area contributed by atoms with Crippen LogP contribution in [0.2, 0.25) is 5.02 Å². The van der Waals surface area contributed by atoms with E-state index in [0.29, 0.717) is 17.1 Å². The molecule has 0 atom stereocenters. The van der Waals surface area contributed by atoms with E-state index in [0.717, 1.165) is 11.9 Å². The maximum atomic E-state index is 14.8. The Morgan fingerprint density at radius 1 is 1.26 bits per heavy atom. The molecule has 0 aliphatic heterocycles. The number of nitrogens with one attached hydrogen (secondary N) is 1. The molecular formula is C21H20ClF2N3O2S2. The smallest absolute Gasteiger partial charge is 0.426 e. The highest BCUT2D eigenvalue weighted by Gasteiger charge is 2.27. The summed E-state index contributed by atoms with van der Waals surface area (Å²) in [6.45, 7) is 5.36. The molecule has 0 fully saturated rings. The van der Waals surface area contributed by atoms with Crippen molar-refractivity contribution in [1.82, 2.24) is 4.98 Å². The van der Waals surface area contributed by atoms with E-state index in [9.17, 15) is 13.6 Å². The normalized spacial score (nSPS) is 11.3. The molecule has 3 rings (SSSR count). The summed E-state index contributed by atoms with van der Waals surface area (Å²) in [4.78, 5) is 16.9. The molecule has 1 heterocycles. The van der Waals surface area contributed by atoms with Crippen molar-refractivity contribution < 1.29 is 18.3 Å². The number of hydrogen-bond donors (Lipinski definition) is 1. The van der Waals surface area contributed by atoms with Gasteiger partial charge in [-0.3, -0.25) is 0 Å². The fraction of sp³-hybridized carbons (Fsp3) is 0.238. The molecule has 5 nitrogen and oxygen atoms in total. The lowest BCUT2D eigenvalue weighted by molar-refractivity contribution is 0.0611. The van der Waals surface area contributed by atoms with E-state index in [1.54, 1.807) is 49.9 Å². The Balaban J connectivity index is 1.80. The number of thiazole rings is 1. The number of rotatable bonds is 6. The van der Waals surface area contributed by atoms with Crippen LogP contribution in [0, 0.1) is 11.6 Å². The monoisotopic (exact) mass is 483 g/mol. The fourth-order valence-electron chi connectivity index (χ4n) is 2.45. The number of hydrogen-bond acceptors (Lipinski definition) is 6. The predicted octanol–water partition coefficient (Wildman–Crippen LogP) is 7.14. The van der Waals surface area contributed by atoms with Crippen molar-refractivity contribution in [3.05, 3.63) is 69.5 Å². The number of ether oxygens (including phenoxy) is 1. The van der Waals surface area contributed by atoms with Crippen LogP contribution in [0.25, 0.3) is 0 Å². The maximum absolute atomic E-state index is 14.8. The van der Waals surface area contributed by atoms with Crippen molar-refractivity contribution in [3.63, 3.8) is 0 Å². The van der Waals surface area contributed by atoms with E-state index in [2.05, 4.69) is 10.3 Å². The molecule has 0 aliphatic carbocycles. The summed E-state index contributed by atoms with van der Waals surface area (Å²) < 4.78 is 35.2. The van der Waals surface area contributed by atoms with Gasteiger partial charge in [0.1, 0.15) is 17.2 Å². The third-order valence-corrected chi connectivity index (χ3v) is 5.74. The zero-order valence-corrected chi connectivity index (χ0v) is 19.4. The van der Waals surface area contributed by atoms with Gasteiger partial charge < -0.3 is 10.1 Å². The van der Waals surface area contributed by atoms with Gasteiger partial charge in [-0.15, -0.1) is 11.3 Å². The molecule has 1 aromatic heterocycles. The van der Waals surface area contributed by atoms with Crippen molar-refractivity contribution in [2.75, 3.05) is 9.62 Å². The summed E-state index contributed by atoms with van der Waals surface area (Å²) in [7, 11) is 0. The Hall–Kier alpha value is -2.36. The van der Waals surface area contributed by atoms with Gasteiger partial charge in [0.25, 0.3) is 0 Å². The first-order valence-electron chi connectivity index (χ1n) is 9.19. The Morgan fingerprint density at radius 2 is 2.00 bits per heavy atom. The van der Waals surface area contributed by atoms with Crippen LogP contribution in [0.4, 0.5) is 25.1 Å². The third kappa shape index (κ3) is 6.32. The van der Waals surface area contributed by atoms with Crippen LogP contribution in [0.15, 0.2) is 52.2 Å². The summed E-state index contributed by atoms with van der Waals surface area (Å²) in [6, 6.07) is 8.89. The Bertz CT molecular complexity index is 1060. The van der Waals surface area contributed by atoms with E-state index < -0.39 is 17.5 Å². The number of benzene rings is 2. The molecule has 3 aromatic rings. The highest BCUT2D eigenvalue weighted by Crippen LogP contribution is 2.36. The van der Waals surface area contributed by atoms with Crippen molar-refractivity contribution in [3.8, 4) is 0 Å². The zero-order valence-electron chi connectivity index (χ0n) is 17.0. The molecule has 0 radical (unpaired) electrons. The highest BCUT2D eigenvalue weighted by molar-refractivity contribution is 8.01. The van der Waals surface area contributed by atoms with Crippen LogP contribution >= 0.6 is 34.9 Å². The molecule has 0 aliphatic rings. The Labute approximate surface area is 192 Å². The molecular weight excluding hydrogens is 464 g/mol.